The number of hydrogen-bond donors (Lipinski definition) is 1. The molecule has 1 N–H and O–H groups in total. The Bertz CT molecular complexity index is 686. The number of nitrogens with one attached hydrogen (secondary N) is 1. The number of piperazine rings is 1. The minimum atomic E-state index is -4.91. The molecule has 0 aromatic heterocycles. The number of ketones is 1. The summed E-state index contributed by atoms with van der Waals surface area (Å²) in [6, 6.07) is 1.65. The van der Waals surface area contributed by atoms with Crippen molar-refractivity contribution in [2.45, 2.75) is 31.2 Å². The van der Waals surface area contributed by atoms with E-state index in [0.29, 0.717) is 18.2 Å². The number of Topliss-reactive ketones (excluding diaryl/α,β-unsaturated/α-hetero) is 1. The third kappa shape index (κ3) is 5.16. The molecule has 1 atom stereocenters. The van der Waals surface area contributed by atoms with Crippen LogP contribution < -0.4 is 5.32 Å². The summed E-state index contributed by atoms with van der Waals surface area (Å²) in [6.07, 6.45) is -7.62. The van der Waals surface area contributed by atoms with Crippen LogP contribution in [0.5, 0.6) is 0 Å². The lowest BCUT2D eigenvalue weighted by atomic mass is 10.1. The van der Waals surface area contributed by atoms with Crippen molar-refractivity contribution in [1.82, 2.24) is 9.80 Å². The Labute approximate surface area is 158 Å². The van der Waals surface area contributed by atoms with E-state index in [-0.39, 0.29) is 30.6 Å². The van der Waals surface area contributed by atoms with Crippen LogP contribution in [0.15, 0.2) is 18.2 Å². The van der Waals surface area contributed by atoms with E-state index in [1.165, 1.54) is 0 Å². The predicted octanol–water partition coefficient (Wildman–Crippen LogP) is 3.49. The monoisotopic (exact) mass is 409 g/mol. The number of carbonyl (C=O) groups is 1. The molecule has 0 radical (unpaired) electrons. The standard InChI is InChI=1S/C18H21F6N3O/c19-17(20,21)12-6-13(18(22,23)24)8-14(7-12)25-9-16(28)11-26-4-5-27-3-1-2-15(27)10-26/h6-8,15,25H,1-5,9-11H2/t15-/m1/s1. The zero-order valence-corrected chi connectivity index (χ0v) is 15.0. The van der Waals surface area contributed by atoms with Gasteiger partial charge in [0, 0.05) is 31.4 Å². The zero-order valence-electron chi connectivity index (χ0n) is 15.0. The molecule has 0 bridgehead atoms. The first-order valence-electron chi connectivity index (χ1n) is 9.04. The highest BCUT2D eigenvalue weighted by Gasteiger charge is 2.37. The summed E-state index contributed by atoms with van der Waals surface area (Å²) in [5.74, 6) is -0.280. The van der Waals surface area contributed by atoms with Crippen molar-refractivity contribution < 1.29 is 31.1 Å². The molecule has 4 nitrogen and oxygen atoms in total. The van der Waals surface area contributed by atoms with Gasteiger partial charge in [-0.25, -0.2) is 0 Å². The molecular weight excluding hydrogens is 388 g/mol. The Morgan fingerprint density at radius 2 is 1.64 bits per heavy atom. The van der Waals surface area contributed by atoms with Crippen molar-refractivity contribution in [3.05, 3.63) is 29.3 Å². The SMILES string of the molecule is O=C(CNc1cc(C(F)(F)F)cc(C(F)(F)F)c1)CN1CCN2CCC[C@@H]2C1. The number of rotatable bonds is 5. The average Bonchev–Trinajstić information content (AvgIpc) is 3.06. The summed E-state index contributed by atoms with van der Waals surface area (Å²) in [5, 5.41) is 2.42. The summed E-state index contributed by atoms with van der Waals surface area (Å²) >= 11 is 0. The van der Waals surface area contributed by atoms with Crippen LogP contribution in [0.4, 0.5) is 32.0 Å². The summed E-state index contributed by atoms with van der Waals surface area (Å²) in [6.45, 7) is 3.21. The number of alkyl halides is 6. The van der Waals surface area contributed by atoms with Gasteiger partial charge in [0.25, 0.3) is 0 Å². The Morgan fingerprint density at radius 3 is 2.25 bits per heavy atom. The minimum Gasteiger partial charge on any atom is -0.378 e. The van der Waals surface area contributed by atoms with E-state index in [4.69, 9.17) is 0 Å². The molecular formula is C18H21F6N3O. The van der Waals surface area contributed by atoms with E-state index in [9.17, 15) is 31.1 Å². The van der Waals surface area contributed by atoms with E-state index in [1.807, 2.05) is 4.90 Å². The molecule has 10 heteroatoms. The molecule has 28 heavy (non-hydrogen) atoms. The van der Waals surface area contributed by atoms with Gasteiger partial charge in [-0.15, -0.1) is 0 Å². The topological polar surface area (TPSA) is 35.6 Å². The van der Waals surface area contributed by atoms with Crippen LogP contribution in [-0.4, -0.2) is 60.9 Å². The van der Waals surface area contributed by atoms with Crippen molar-refractivity contribution in [2.24, 2.45) is 0 Å². The lowest BCUT2D eigenvalue weighted by Gasteiger charge is -2.37. The van der Waals surface area contributed by atoms with E-state index in [0.717, 1.165) is 39.0 Å². The van der Waals surface area contributed by atoms with Crippen LogP contribution in [-0.2, 0) is 17.1 Å². The minimum absolute atomic E-state index is 0.0636. The Balaban J connectivity index is 1.61. The fourth-order valence-electron chi connectivity index (χ4n) is 3.76. The van der Waals surface area contributed by atoms with Gasteiger partial charge >= 0.3 is 12.4 Å². The lowest BCUT2D eigenvalue weighted by molar-refractivity contribution is -0.143. The summed E-state index contributed by atoms with van der Waals surface area (Å²) < 4.78 is 77.3. The maximum Gasteiger partial charge on any atom is 0.416 e. The fourth-order valence-corrected chi connectivity index (χ4v) is 3.76. The van der Waals surface area contributed by atoms with E-state index in [2.05, 4.69) is 10.2 Å². The largest absolute Gasteiger partial charge is 0.416 e. The highest BCUT2D eigenvalue weighted by Crippen LogP contribution is 2.37. The smallest absolute Gasteiger partial charge is 0.378 e. The first-order chi connectivity index (χ1) is 13.0. The summed E-state index contributed by atoms with van der Waals surface area (Å²) in [4.78, 5) is 16.5. The Kier molecular flexibility index (Phi) is 5.90. The van der Waals surface area contributed by atoms with Crippen molar-refractivity contribution >= 4 is 11.5 Å². The molecule has 0 unspecified atom stereocenters. The molecule has 3 rings (SSSR count). The van der Waals surface area contributed by atoms with Crippen LogP contribution in [0.3, 0.4) is 0 Å². The van der Waals surface area contributed by atoms with Crippen LogP contribution in [0.1, 0.15) is 24.0 Å². The molecule has 0 spiro atoms. The number of anilines is 1. The summed E-state index contributed by atoms with van der Waals surface area (Å²) in [7, 11) is 0. The second kappa shape index (κ2) is 7.90. The molecule has 156 valence electrons. The number of fused-ring (bicyclic) bond motifs is 1. The van der Waals surface area contributed by atoms with E-state index >= 15 is 0 Å². The summed E-state index contributed by atoms with van der Waals surface area (Å²) in [5.41, 5.74) is -3.19. The van der Waals surface area contributed by atoms with Crippen LogP contribution >= 0.6 is 0 Å². The molecule has 2 aliphatic rings. The number of nitrogens with zero attached hydrogens (tertiary/aromatic N) is 2. The molecule has 0 saturated carbocycles. The number of halogens is 6. The first kappa shape index (κ1) is 20.9. The average molecular weight is 409 g/mol. The van der Waals surface area contributed by atoms with Gasteiger partial charge in [0.1, 0.15) is 0 Å². The second-order valence-corrected chi connectivity index (χ2v) is 7.25. The van der Waals surface area contributed by atoms with Crippen LogP contribution in [0.25, 0.3) is 0 Å². The van der Waals surface area contributed by atoms with Crippen molar-refractivity contribution in [3.63, 3.8) is 0 Å². The fraction of sp³-hybridized carbons (Fsp3) is 0.611. The van der Waals surface area contributed by atoms with E-state index in [1.54, 1.807) is 0 Å². The third-order valence-corrected chi connectivity index (χ3v) is 5.15. The Morgan fingerprint density at radius 1 is 1.00 bits per heavy atom. The predicted molar refractivity (Wildman–Crippen MR) is 91.0 cm³/mol. The van der Waals surface area contributed by atoms with Crippen molar-refractivity contribution in [2.75, 3.05) is 44.6 Å². The van der Waals surface area contributed by atoms with Gasteiger partial charge in [-0.1, -0.05) is 0 Å². The molecule has 2 fully saturated rings. The number of benzene rings is 1. The van der Waals surface area contributed by atoms with Crippen molar-refractivity contribution in [1.29, 1.82) is 0 Å². The highest BCUT2D eigenvalue weighted by atomic mass is 19.4. The molecule has 1 aromatic carbocycles. The van der Waals surface area contributed by atoms with Gasteiger partial charge < -0.3 is 5.32 Å². The zero-order chi connectivity index (χ0) is 20.5. The maximum atomic E-state index is 12.9. The van der Waals surface area contributed by atoms with Gasteiger partial charge in [0.05, 0.1) is 24.2 Å². The number of hydrogen-bond acceptors (Lipinski definition) is 4. The van der Waals surface area contributed by atoms with Gasteiger partial charge in [0.2, 0.25) is 0 Å². The molecule has 1 aromatic rings. The second-order valence-electron chi connectivity index (χ2n) is 7.25. The highest BCUT2D eigenvalue weighted by molar-refractivity contribution is 5.84. The lowest BCUT2D eigenvalue weighted by Crippen LogP contribution is -2.51. The molecule has 2 saturated heterocycles. The van der Waals surface area contributed by atoms with Gasteiger partial charge in [-0.05, 0) is 37.6 Å². The normalized spacial score (nSPS) is 21.6. The molecule has 2 aliphatic heterocycles. The molecule has 2 heterocycles. The van der Waals surface area contributed by atoms with Gasteiger partial charge in [0.15, 0.2) is 5.78 Å². The number of carbonyl (C=O) groups excluding carboxylic acids is 1. The third-order valence-electron chi connectivity index (χ3n) is 5.15. The Hall–Kier alpha value is -1.81. The van der Waals surface area contributed by atoms with Crippen molar-refractivity contribution in [3.8, 4) is 0 Å². The van der Waals surface area contributed by atoms with Crippen LogP contribution in [0.2, 0.25) is 0 Å². The van der Waals surface area contributed by atoms with Crippen LogP contribution in [0, 0.1) is 0 Å². The van der Waals surface area contributed by atoms with Gasteiger partial charge in [-0.3, -0.25) is 14.6 Å². The van der Waals surface area contributed by atoms with E-state index < -0.39 is 23.5 Å². The van der Waals surface area contributed by atoms with Gasteiger partial charge in [-0.2, -0.15) is 26.3 Å². The molecule has 0 aliphatic carbocycles. The molecule has 0 amide bonds. The first-order valence-corrected chi connectivity index (χ1v) is 9.04. The quantitative estimate of drug-likeness (QED) is 0.756. The maximum absolute atomic E-state index is 12.9.